The molecule has 1 amide bonds. The van der Waals surface area contributed by atoms with Crippen LogP contribution in [0.3, 0.4) is 0 Å². The summed E-state index contributed by atoms with van der Waals surface area (Å²) in [5.41, 5.74) is 0. The number of carbonyl (C=O) groups is 2. The number of amides is 1. The Kier molecular flexibility index (Phi) is 11.8. The fraction of sp³-hybridized carbons (Fsp3) is 0.833. The lowest BCUT2D eigenvalue weighted by atomic mass is 10.1. The zero-order valence-corrected chi connectivity index (χ0v) is 11.2. The van der Waals surface area contributed by atoms with E-state index >= 15 is 0 Å². The van der Waals surface area contributed by atoms with E-state index in [1.165, 1.54) is 25.9 Å². The number of rotatable bonds is 2. The van der Waals surface area contributed by atoms with Crippen molar-refractivity contribution < 1.29 is 14.3 Å². The van der Waals surface area contributed by atoms with Crippen LogP contribution in [-0.2, 0) is 14.3 Å². The Balaban J connectivity index is 0.000000283. The van der Waals surface area contributed by atoms with Crippen molar-refractivity contribution >= 4 is 13.2 Å². The Morgan fingerprint density at radius 1 is 1.28 bits per heavy atom. The molecule has 2 N–H and O–H groups in total. The summed E-state index contributed by atoms with van der Waals surface area (Å²) in [6.45, 7) is 7.27. The largest absolute Gasteiger partial charge is 0.378 e. The van der Waals surface area contributed by atoms with Crippen molar-refractivity contribution in [3.05, 3.63) is 0 Å². The molecule has 0 bridgehead atoms. The molecule has 2 fully saturated rings. The molecule has 0 saturated carbocycles. The molecule has 6 nitrogen and oxygen atoms in total. The van der Waals surface area contributed by atoms with Gasteiger partial charge in [-0.3, -0.25) is 4.79 Å². The number of carbonyl (C=O) groups excluding carboxylic acids is 2. The first-order valence-corrected chi connectivity index (χ1v) is 6.30. The van der Waals surface area contributed by atoms with Gasteiger partial charge in [-0.15, -0.1) is 0 Å². The molecule has 0 atom stereocenters. The molecule has 2 aliphatic heterocycles. The Morgan fingerprint density at radius 2 is 1.83 bits per heavy atom. The zero-order chi connectivity index (χ0) is 13.6. The van der Waals surface area contributed by atoms with Crippen molar-refractivity contribution in [2.45, 2.75) is 18.9 Å². The SMILES string of the molecule is C=O.CNC1CCNCC1.O=CN1CCOCC1. The third-order valence-electron chi connectivity index (χ3n) is 2.94. The maximum Gasteiger partial charge on any atom is 0.209 e. The van der Waals surface area contributed by atoms with E-state index in [2.05, 4.69) is 10.6 Å². The molecular formula is C12H25N3O3. The third kappa shape index (κ3) is 8.16. The molecule has 0 aromatic rings. The number of piperidine rings is 1. The van der Waals surface area contributed by atoms with Crippen LogP contribution in [0.2, 0.25) is 0 Å². The molecular weight excluding hydrogens is 234 g/mol. The van der Waals surface area contributed by atoms with Gasteiger partial charge < -0.3 is 25.1 Å². The first-order valence-electron chi connectivity index (χ1n) is 6.30. The standard InChI is InChI=1S/C6H14N2.C5H9NO2.CH2O/c1-7-6-2-4-8-5-3-6;7-5-6-1-3-8-4-2-6;1-2/h6-8H,2-5H2,1H3;5H,1-4H2;1H2. The highest BCUT2D eigenvalue weighted by molar-refractivity contribution is 5.46. The van der Waals surface area contributed by atoms with E-state index in [4.69, 9.17) is 9.53 Å². The molecule has 2 rings (SSSR count). The summed E-state index contributed by atoms with van der Waals surface area (Å²) >= 11 is 0. The van der Waals surface area contributed by atoms with Crippen LogP contribution in [0.15, 0.2) is 0 Å². The normalized spacial score (nSPS) is 19.9. The molecule has 0 spiro atoms. The second-order valence-corrected chi connectivity index (χ2v) is 4.07. The Hall–Kier alpha value is -0.980. The minimum absolute atomic E-state index is 0.693. The lowest BCUT2D eigenvalue weighted by molar-refractivity contribution is -0.121. The van der Waals surface area contributed by atoms with E-state index in [0.717, 1.165) is 25.5 Å². The van der Waals surface area contributed by atoms with Crippen LogP contribution < -0.4 is 10.6 Å². The maximum absolute atomic E-state index is 10.0. The summed E-state index contributed by atoms with van der Waals surface area (Å²) in [5, 5.41) is 6.57. The van der Waals surface area contributed by atoms with Gasteiger partial charge in [0.15, 0.2) is 0 Å². The summed E-state index contributed by atoms with van der Waals surface area (Å²) in [6.07, 6.45) is 3.44. The Bertz CT molecular complexity index is 193. The summed E-state index contributed by atoms with van der Waals surface area (Å²) in [5.74, 6) is 0. The van der Waals surface area contributed by atoms with Crippen molar-refractivity contribution in [2.75, 3.05) is 46.4 Å². The minimum atomic E-state index is 0.693. The molecule has 6 heteroatoms. The third-order valence-corrected chi connectivity index (χ3v) is 2.94. The van der Waals surface area contributed by atoms with Crippen LogP contribution in [0.5, 0.6) is 0 Å². The van der Waals surface area contributed by atoms with Gasteiger partial charge in [-0.2, -0.15) is 0 Å². The number of morpholine rings is 1. The number of ether oxygens (including phenoxy) is 1. The van der Waals surface area contributed by atoms with Gasteiger partial charge in [-0.1, -0.05) is 0 Å². The fourth-order valence-electron chi connectivity index (χ4n) is 1.79. The van der Waals surface area contributed by atoms with E-state index < -0.39 is 0 Å². The molecule has 0 aliphatic carbocycles. The van der Waals surface area contributed by atoms with E-state index in [-0.39, 0.29) is 0 Å². The smallest absolute Gasteiger partial charge is 0.209 e. The predicted molar refractivity (Wildman–Crippen MR) is 70.5 cm³/mol. The quantitative estimate of drug-likeness (QED) is 0.638. The lowest BCUT2D eigenvalue weighted by Gasteiger charge is -2.21. The van der Waals surface area contributed by atoms with Crippen LogP contribution in [0.25, 0.3) is 0 Å². The van der Waals surface area contributed by atoms with E-state index in [1.54, 1.807) is 4.90 Å². The lowest BCUT2D eigenvalue weighted by Crippen LogP contribution is -2.37. The van der Waals surface area contributed by atoms with Gasteiger partial charge in [-0.05, 0) is 33.0 Å². The highest BCUT2D eigenvalue weighted by Crippen LogP contribution is 1.99. The molecule has 0 aromatic carbocycles. The molecule has 106 valence electrons. The highest BCUT2D eigenvalue weighted by atomic mass is 16.5. The molecule has 0 radical (unpaired) electrons. The van der Waals surface area contributed by atoms with Crippen LogP contribution in [-0.4, -0.2) is 70.6 Å². The van der Waals surface area contributed by atoms with Gasteiger partial charge in [-0.25, -0.2) is 0 Å². The first kappa shape index (κ1) is 17.0. The molecule has 2 aliphatic rings. The maximum atomic E-state index is 10.0. The zero-order valence-electron chi connectivity index (χ0n) is 11.2. The summed E-state index contributed by atoms with van der Waals surface area (Å²) < 4.78 is 5.00. The number of hydrogen-bond acceptors (Lipinski definition) is 5. The topological polar surface area (TPSA) is 70.7 Å². The Labute approximate surface area is 109 Å². The van der Waals surface area contributed by atoms with E-state index in [9.17, 15) is 4.79 Å². The highest BCUT2D eigenvalue weighted by Gasteiger charge is 2.08. The van der Waals surface area contributed by atoms with Crippen LogP contribution in [0, 0.1) is 0 Å². The number of nitrogens with one attached hydrogen (secondary N) is 2. The second-order valence-electron chi connectivity index (χ2n) is 4.07. The number of hydrogen-bond donors (Lipinski definition) is 2. The fourth-order valence-corrected chi connectivity index (χ4v) is 1.79. The summed E-state index contributed by atoms with van der Waals surface area (Å²) in [4.78, 5) is 19.7. The van der Waals surface area contributed by atoms with Gasteiger partial charge in [0.1, 0.15) is 6.79 Å². The van der Waals surface area contributed by atoms with Crippen molar-refractivity contribution in [2.24, 2.45) is 0 Å². The van der Waals surface area contributed by atoms with Gasteiger partial charge in [0.05, 0.1) is 13.2 Å². The van der Waals surface area contributed by atoms with Crippen molar-refractivity contribution in [3.63, 3.8) is 0 Å². The Morgan fingerprint density at radius 3 is 2.17 bits per heavy atom. The van der Waals surface area contributed by atoms with Gasteiger partial charge in [0.25, 0.3) is 0 Å². The average molecular weight is 259 g/mol. The van der Waals surface area contributed by atoms with Gasteiger partial charge in [0.2, 0.25) is 6.41 Å². The van der Waals surface area contributed by atoms with Gasteiger partial charge in [0, 0.05) is 19.1 Å². The first-order chi connectivity index (χ1) is 8.86. The van der Waals surface area contributed by atoms with Gasteiger partial charge >= 0.3 is 0 Å². The summed E-state index contributed by atoms with van der Waals surface area (Å²) in [6, 6.07) is 0.774. The van der Waals surface area contributed by atoms with Crippen molar-refractivity contribution in [1.29, 1.82) is 0 Å². The summed E-state index contributed by atoms with van der Waals surface area (Å²) in [7, 11) is 2.04. The average Bonchev–Trinajstić information content (AvgIpc) is 2.51. The molecule has 0 unspecified atom stereocenters. The molecule has 0 aromatic heterocycles. The monoisotopic (exact) mass is 259 g/mol. The van der Waals surface area contributed by atoms with Crippen molar-refractivity contribution in [3.8, 4) is 0 Å². The molecule has 2 heterocycles. The van der Waals surface area contributed by atoms with Crippen LogP contribution >= 0.6 is 0 Å². The van der Waals surface area contributed by atoms with Crippen molar-refractivity contribution in [1.82, 2.24) is 15.5 Å². The predicted octanol–water partition coefficient (Wildman–Crippen LogP) is -0.752. The molecule has 18 heavy (non-hydrogen) atoms. The van der Waals surface area contributed by atoms with Crippen LogP contribution in [0.4, 0.5) is 0 Å². The molecule has 2 saturated heterocycles. The van der Waals surface area contributed by atoms with E-state index in [0.29, 0.717) is 13.2 Å². The van der Waals surface area contributed by atoms with E-state index in [1.807, 2.05) is 13.8 Å². The second kappa shape index (κ2) is 12.5. The minimum Gasteiger partial charge on any atom is -0.378 e. The van der Waals surface area contributed by atoms with Crippen LogP contribution in [0.1, 0.15) is 12.8 Å². The number of nitrogens with zero attached hydrogens (tertiary/aromatic N) is 1.